The number of nitrogens with zero attached hydrogens (tertiary/aromatic N) is 3. The van der Waals surface area contributed by atoms with Crippen LogP contribution in [-0.4, -0.2) is 53.1 Å². The van der Waals surface area contributed by atoms with E-state index in [0.29, 0.717) is 31.1 Å². The first kappa shape index (κ1) is 13.8. The number of hydrogen-bond acceptors (Lipinski definition) is 3. The van der Waals surface area contributed by atoms with Gasteiger partial charge in [0.2, 0.25) is 0 Å². The zero-order chi connectivity index (χ0) is 13.7. The number of rotatable bonds is 6. The van der Waals surface area contributed by atoms with Gasteiger partial charge in [-0.05, 0) is 12.1 Å². The largest absolute Gasteiger partial charge is 0.383 e. The fourth-order valence-corrected chi connectivity index (χ4v) is 2.09. The highest BCUT2D eigenvalue weighted by molar-refractivity contribution is 6.18. The molecule has 5 nitrogen and oxygen atoms in total. The third-order valence-corrected chi connectivity index (χ3v) is 3.03. The van der Waals surface area contributed by atoms with Crippen LogP contribution < -0.4 is 0 Å². The Morgan fingerprint density at radius 3 is 3.05 bits per heavy atom. The summed E-state index contributed by atoms with van der Waals surface area (Å²) in [6, 6.07) is 5.62. The number of alkyl halides is 1. The number of carbonyl (C=O) groups is 1. The molecule has 1 amide bonds. The zero-order valence-electron chi connectivity index (χ0n) is 10.8. The first-order valence-corrected chi connectivity index (χ1v) is 6.58. The third-order valence-electron chi connectivity index (χ3n) is 2.86. The molecule has 2 aromatic rings. The minimum absolute atomic E-state index is 0.0705. The van der Waals surface area contributed by atoms with Crippen LogP contribution >= 0.6 is 11.6 Å². The molecule has 2 rings (SSSR count). The topological polar surface area (TPSA) is 46.8 Å². The van der Waals surface area contributed by atoms with Crippen molar-refractivity contribution in [3.63, 3.8) is 0 Å². The Hall–Kier alpha value is -1.59. The lowest BCUT2D eigenvalue weighted by Gasteiger charge is -2.20. The highest BCUT2D eigenvalue weighted by Crippen LogP contribution is 2.13. The molecule has 0 atom stereocenters. The smallest absolute Gasteiger partial charge is 0.257 e. The van der Waals surface area contributed by atoms with Gasteiger partial charge in [0.05, 0.1) is 23.9 Å². The van der Waals surface area contributed by atoms with E-state index in [1.807, 2.05) is 24.4 Å². The van der Waals surface area contributed by atoms with Gasteiger partial charge in [0.15, 0.2) is 0 Å². The van der Waals surface area contributed by atoms with Gasteiger partial charge < -0.3 is 9.64 Å². The minimum atomic E-state index is -0.0705. The monoisotopic (exact) mass is 281 g/mol. The summed E-state index contributed by atoms with van der Waals surface area (Å²) < 4.78 is 6.70. The van der Waals surface area contributed by atoms with Crippen molar-refractivity contribution in [2.24, 2.45) is 0 Å². The van der Waals surface area contributed by atoms with E-state index in [-0.39, 0.29) is 5.91 Å². The molecule has 0 aliphatic heterocycles. The molecular formula is C13H16ClN3O2. The number of ether oxygens (including phenoxy) is 1. The second kappa shape index (κ2) is 6.54. The summed E-state index contributed by atoms with van der Waals surface area (Å²) in [5, 5.41) is 4.17. The first-order valence-electron chi connectivity index (χ1n) is 6.04. The summed E-state index contributed by atoms with van der Waals surface area (Å²) in [6.45, 7) is 1.50. The van der Waals surface area contributed by atoms with Gasteiger partial charge in [0.1, 0.15) is 0 Å². The molecule has 0 spiro atoms. The molecule has 2 aromatic heterocycles. The summed E-state index contributed by atoms with van der Waals surface area (Å²) in [5.74, 6) is 0.327. The lowest BCUT2D eigenvalue weighted by Crippen LogP contribution is -2.35. The van der Waals surface area contributed by atoms with Crippen molar-refractivity contribution in [3.8, 4) is 0 Å². The Morgan fingerprint density at radius 1 is 1.47 bits per heavy atom. The van der Waals surface area contributed by atoms with E-state index in [1.54, 1.807) is 22.7 Å². The molecule has 19 heavy (non-hydrogen) atoms. The van der Waals surface area contributed by atoms with Gasteiger partial charge in [0, 0.05) is 32.3 Å². The van der Waals surface area contributed by atoms with Crippen LogP contribution in [0, 0.1) is 0 Å². The van der Waals surface area contributed by atoms with Crippen molar-refractivity contribution < 1.29 is 9.53 Å². The fourth-order valence-electron chi connectivity index (χ4n) is 1.89. The Balaban J connectivity index is 2.25. The average molecular weight is 282 g/mol. The maximum Gasteiger partial charge on any atom is 0.257 e. The van der Waals surface area contributed by atoms with E-state index in [2.05, 4.69) is 5.10 Å². The van der Waals surface area contributed by atoms with Crippen LogP contribution in [0.1, 0.15) is 10.4 Å². The predicted octanol–water partition coefficient (Wildman–Crippen LogP) is 1.66. The van der Waals surface area contributed by atoms with Gasteiger partial charge in [-0.3, -0.25) is 4.79 Å². The van der Waals surface area contributed by atoms with Crippen LogP contribution in [0.15, 0.2) is 30.6 Å². The van der Waals surface area contributed by atoms with Crippen LogP contribution in [0.25, 0.3) is 5.52 Å². The highest BCUT2D eigenvalue weighted by Gasteiger charge is 2.18. The van der Waals surface area contributed by atoms with Gasteiger partial charge in [-0.1, -0.05) is 6.07 Å². The van der Waals surface area contributed by atoms with Crippen molar-refractivity contribution in [1.29, 1.82) is 0 Å². The molecule has 0 saturated heterocycles. The van der Waals surface area contributed by atoms with E-state index in [4.69, 9.17) is 16.3 Å². The number of amides is 1. The molecule has 0 bridgehead atoms. The summed E-state index contributed by atoms with van der Waals surface area (Å²) in [7, 11) is 1.61. The molecule has 0 radical (unpaired) electrons. The Bertz CT molecular complexity index is 556. The van der Waals surface area contributed by atoms with Crippen molar-refractivity contribution in [2.75, 3.05) is 32.7 Å². The minimum Gasteiger partial charge on any atom is -0.383 e. The zero-order valence-corrected chi connectivity index (χ0v) is 11.5. The first-order chi connectivity index (χ1) is 9.27. The van der Waals surface area contributed by atoms with Crippen LogP contribution in [0.3, 0.4) is 0 Å². The third kappa shape index (κ3) is 3.05. The maximum absolute atomic E-state index is 12.5. The number of halogens is 1. The van der Waals surface area contributed by atoms with Crippen LogP contribution in [0.2, 0.25) is 0 Å². The molecule has 0 aromatic carbocycles. The molecule has 6 heteroatoms. The van der Waals surface area contributed by atoms with Crippen molar-refractivity contribution in [2.45, 2.75) is 0 Å². The molecular weight excluding hydrogens is 266 g/mol. The number of methoxy groups -OCH3 is 1. The Labute approximate surface area is 116 Å². The number of hydrogen-bond donors (Lipinski definition) is 0. The Kier molecular flexibility index (Phi) is 4.76. The molecule has 0 saturated carbocycles. The van der Waals surface area contributed by atoms with Crippen LogP contribution in [0.4, 0.5) is 0 Å². The van der Waals surface area contributed by atoms with Crippen molar-refractivity contribution >= 4 is 23.0 Å². The van der Waals surface area contributed by atoms with Gasteiger partial charge in [-0.15, -0.1) is 11.6 Å². The second-order valence-corrected chi connectivity index (χ2v) is 4.44. The van der Waals surface area contributed by atoms with E-state index in [1.165, 1.54) is 0 Å². The molecule has 102 valence electrons. The van der Waals surface area contributed by atoms with Crippen LogP contribution in [-0.2, 0) is 4.74 Å². The van der Waals surface area contributed by atoms with Crippen LogP contribution in [0.5, 0.6) is 0 Å². The predicted molar refractivity (Wildman–Crippen MR) is 73.7 cm³/mol. The lowest BCUT2D eigenvalue weighted by molar-refractivity contribution is 0.0709. The van der Waals surface area contributed by atoms with Gasteiger partial charge in [-0.2, -0.15) is 5.10 Å². The van der Waals surface area contributed by atoms with E-state index in [0.717, 1.165) is 5.52 Å². The van der Waals surface area contributed by atoms with Gasteiger partial charge in [-0.25, -0.2) is 4.52 Å². The number of aromatic nitrogens is 2. The van der Waals surface area contributed by atoms with E-state index < -0.39 is 0 Å². The number of fused-ring (bicyclic) bond motifs is 1. The molecule has 0 aliphatic carbocycles. The summed E-state index contributed by atoms with van der Waals surface area (Å²) in [4.78, 5) is 14.2. The molecule has 2 heterocycles. The molecule has 0 fully saturated rings. The van der Waals surface area contributed by atoms with Crippen molar-refractivity contribution in [1.82, 2.24) is 14.5 Å². The number of pyridine rings is 1. The van der Waals surface area contributed by atoms with E-state index >= 15 is 0 Å². The second-order valence-electron chi connectivity index (χ2n) is 4.06. The highest BCUT2D eigenvalue weighted by atomic mass is 35.5. The lowest BCUT2D eigenvalue weighted by atomic mass is 10.2. The van der Waals surface area contributed by atoms with Gasteiger partial charge in [0.25, 0.3) is 5.91 Å². The summed E-state index contributed by atoms with van der Waals surface area (Å²) >= 11 is 5.74. The molecule has 0 N–H and O–H groups in total. The average Bonchev–Trinajstić information content (AvgIpc) is 2.86. The molecule has 0 unspecified atom stereocenters. The standard InChI is InChI=1S/C13H16ClN3O2/c1-19-9-8-16(7-5-14)13(18)11-10-15-17-6-3-2-4-12(11)17/h2-4,6,10H,5,7-9H2,1H3. The van der Waals surface area contributed by atoms with Gasteiger partial charge >= 0.3 is 0 Å². The Morgan fingerprint density at radius 2 is 2.32 bits per heavy atom. The van der Waals surface area contributed by atoms with E-state index in [9.17, 15) is 4.79 Å². The fraction of sp³-hybridized carbons (Fsp3) is 0.385. The normalized spacial score (nSPS) is 10.8. The quantitative estimate of drug-likeness (QED) is 0.757. The summed E-state index contributed by atoms with van der Waals surface area (Å²) in [6.07, 6.45) is 3.40. The van der Waals surface area contributed by atoms with Crippen molar-refractivity contribution in [3.05, 3.63) is 36.2 Å². The molecule has 0 aliphatic rings. The summed E-state index contributed by atoms with van der Waals surface area (Å²) in [5.41, 5.74) is 1.38. The SMILES string of the molecule is COCCN(CCCl)C(=O)c1cnn2ccccc12. The number of carbonyl (C=O) groups excluding carboxylic acids is 1. The maximum atomic E-state index is 12.5.